The molecular weight excluding hydrogens is 433 g/mol. The van der Waals surface area contributed by atoms with Gasteiger partial charge in [-0.25, -0.2) is 4.79 Å². The first-order valence-corrected chi connectivity index (χ1v) is 10.2. The van der Waals surface area contributed by atoms with Crippen LogP contribution in [0, 0.1) is 5.92 Å². The average Bonchev–Trinajstić information content (AvgIpc) is 3.00. The third-order valence-corrected chi connectivity index (χ3v) is 5.80. The second-order valence-electron chi connectivity index (χ2n) is 8.01. The van der Waals surface area contributed by atoms with E-state index in [1.54, 1.807) is 0 Å². The van der Waals surface area contributed by atoms with Gasteiger partial charge in [-0.15, -0.1) is 0 Å². The number of pyridine rings is 1. The van der Waals surface area contributed by atoms with Crippen LogP contribution in [0.25, 0.3) is 0 Å². The van der Waals surface area contributed by atoms with Crippen molar-refractivity contribution in [2.45, 2.75) is 63.4 Å². The van der Waals surface area contributed by atoms with Crippen molar-refractivity contribution < 1.29 is 37.0 Å². The van der Waals surface area contributed by atoms with E-state index in [0.29, 0.717) is 25.7 Å². The number of nitrogens with zero attached hydrogens (tertiary/aromatic N) is 2. The lowest BCUT2D eigenvalue weighted by Gasteiger charge is -2.33. The van der Waals surface area contributed by atoms with Gasteiger partial charge in [-0.05, 0) is 38.2 Å². The van der Waals surface area contributed by atoms with Crippen LogP contribution in [-0.2, 0) is 4.79 Å². The number of carbonyl (C=O) groups excluding carboxylic acids is 3. The van der Waals surface area contributed by atoms with Crippen LogP contribution in [0.5, 0.6) is 11.8 Å². The van der Waals surface area contributed by atoms with Gasteiger partial charge in [-0.1, -0.05) is 6.92 Å². The molecule has 1 aromatic rings. The van der Waals surface area contributed by atoms with Gasteiger partial charge >= 0.3 is 12.2 Å². The Hall–Kier alpha value is -3.05. The molecule has 0 bridgehead atoms. The highest BCUT2D eigenvalue weighted by Crippen LogP contribution is 2.33. The Morgan fingerprint density at radius 1 is 1.28 bits per heavy atom. The maximum absolute atomic E-state index is 12.8. The number of halogens is 3. The van der Waals surface area contributed by atoms with Gasteiger partial charge in [0.1, 0.15) is 17.7 Å². The molecule has 2 heterocycles. The number of alkyl halides is 3. The number of hydrogen-bond donors (Lipinski definition) is 2. The number of rotatable bonds is 7. The molecule has 1 aromatic heterocycles. The van der Waals surface area contributed by atoms with Gasteiger partial charge in [-0.3, -0.25) is 14.5 Å². The standard InChI is InChI=1S/C20H25F3N4O5/c1-10(20(21,22)23)9-14-18(29)27(19(30)25-14)11-3-5-12(6-4-11)32-17-13(16(24)28)7-8-15(26-17)31-2/h7-8,10-12,14H,3-6,9H2,1-2H3,(H2,24,28)(H,25,30)/t10?,11?,12?,14-/m0/s1. The number of ether oxygens (including phenoxy) is 2. The summed E-state index contributed by atoms with van der Waals surface area (Å²) in [5, 5.41) is 2.37. The Morgan fingerprint density at radius 3 is 2.50 bits per heavy atom. The second-order valence-corrected chi connectivity index (χ2v) is 8.01. The fourth-order valence-electron chi connectivity index (χ4n) is 3.93. The van der Waals surface area contributed by atoms with Crippen LogP contribution in [0.4, 0.5) is 18.0 Å². The first-order valence-electron chi connectivity index (χ1n) is 10.2. The molecule has 2 aliphatic rings. The molecule has 176 valence electrons. The summed E-state index contributed by atoms with van der Waals surface area (Å²) in [4.78, 5) is 41.7. The Balaban J connectivity index is 1.61. The number of methoxy groups -OCH3 is 1. The Kier molecular flexibility index (Phi) is 6.79. The number of nitrogens with one attached hydrogen (secondary N) is 1. The van der Waals surface area contributed by atoms with E-state index in [-0.39, 0.29) is 23.4 Å². The van der Waals surface area contributed by atoms with Crippen molar-refractivity contribution in [1.82, 2.24) is 15.2 Å². The van der Waals surface area contributed by atoms with Crippen LogP contribution < -0.4 is 20.5 Å². The van der Waals surface area contributed by atoms with Crippen molar-refractivity contribution in [2.24, 2.45) is 11.7 Å². The highest BCUT2D eigenvalue weighted by atomic mass is 19.4. The van der Waals surface area contributed by atoms with Crippen LogP contribution >= 0.6 is 0 Å². The van der Waals surface area contributed by atoms with Crippen LogP contribution in [0.3, 0.4) is 0 Å². The third-order valence-electron chi connectivity index (χ3n) is 5.80. The number of urea groups is 1. The second kappa shape index (κ2) is 9.21. The van der Waals surface area contributed by atoms with Gasteiger partial charge in [0.15, 0.2) is 0 Å². The van der Waals surface area contributed by atoms with Crippen molar-refractivity contribution >= 4 is 17.8 Å². The Labute approximate surface area is 182 Å². The highest BCUT2D eigenvalue weighted by Gasteiger charge is 2.46. The summed E-state index contributed by atoms with van der Waals surface area (Å²) >= 11 is 0. The summed E-state index contributed by atoms with van der Waals surface area (Å²) in [5.41, 5.74) is 5.46. The molecule has 2 fully saturated rings. The molecule has 1 unspecified atom stereocenters. The molecular formula is C20H25F3N4O5. The molecule has 4 amide bonds. The van der Waals surface area contributed by atoms with E-state index in [4.69, 9.17) is 15.2 Å². The topological polar surface area (TPSA) is 124 Å². The number of imide groups is 1. The van der Waals surface area contributed by atoms with Gasteiger partial charge in [0.25, 0.3) is 11.8 Å². The molecule has 3 N–H and O–H groups in total. The van der Waals surface area contributed by atoms with Gasteiger partial charge < -0.3 is 20.5 Å². The zero-order valence-electron chi connectivity index (χ0n) is 17.6. The molecule has 2 atom stereocenters. The van der Waals surface area contributed by atoms with Crippen molar-refractivity contribution in [3.05, 3.63) is 17.7 Å². The smallest absolute Gasteiger partial charge is 0.391 e. The molecule has 1 saturated heterocycles. The molecule has 3 rings (SSSR count). The number of aromatic nitrogens is 1. The van der Waals surface area contributed by atoms with E-state index in [1.165, 1.54) is 19.2 Å². The van der Waals surface area contributed by atoms with Gasteiger partial charge in [-0.2, -0.15) is 18.2 Å². The third kappa shape index (κ3) is 5.05. The number of hydrogen-bond acceptors (Lipinski definition) is 6. The average molecular weight is 458 g/mol. The summed E-state index contributed by atoms with van der Waals surface area (Å²) in [5.74, 6) is -2.77. The highest BCUT2D eigenvalue weighted by molar-refractivity contribution is 6.04. The monoisotopic (exact) mass is 458 g/mol. The Morgan fingerprint density at radius 2 is 1.94 bits per heavy atom. The van der Waals surface area contributed by atoms with Crippen LogP contribution in [0.1, 0.15) is 49.4 Å². The molecule has 0 radical (unpaired) electrons. The Bertz CT molecular complexity index is 886. The molecule has 1 saturated carbocycles. The first kappa shape index (κ1) is 23.6. The summed E-state index contributed by atoms with van der Waals surface area (Å²) in [7, 11) is 1.42. The van der Waals surface area contributed by atoms with Crippen molar-refractivity contribution in [2.75, 3.05) is 7.11 Å². The molecule has 1 aliphatic heterocycles. The van der Waals surface area contributed by atoms with E-state index in [1.807, 2.05) is 0 Å². The van der Waals surface area contributed by atoms with Crippen LogP contribution in [-0.4, -0.2) is 59.2 Å². The van der Waals surface area contributed by atoms with Crippen LogP contribution in [0.15, 0.2) is 12.1 Å². The summed E-state index contributed by atoms with van der Waals surface area (Å²) in [6.45, 7) is 0.984. The maximum atomic E-state index is 12.8. The normalized spacial score (nSPS) is 24.8. The summed E-state index contributed by atoms with van der Waals surface area (Å²) < 4.78 is 49.4. The van der Waals surface area contributed by atoms with E-state index >= 15 is 0 Å². The fraction of sp³-hybridized carbons (Fsp3) is 0.600. The molecule has 0 aromatic carbocycles. The van der Waals surface area contributed by atoms with E-state index in [2.05, 4.69) is 10.3 Å². The maximum Gasteiger partial charge on any atom is 0.391 e. The molecule has 32 heavy (non-hydrogen) atoms. The largest absolute Gasteiger partial charge is 0.481 e. The minimum Gasteiger partial charge on any atom is -0.481 e. The lowest BCUT2D eigenvalue weighted by atomic mass is 9.91. The predicted octanol–water partition coefficient (Wildman–Crippen LogP) is 2.39. The van der Waals surface area contributed by atoms with Gasteiger partial charge in [0.05, 0.1) is 13.0 Å². The quantitative estimate of drug-likeness (QED) is 0.605. The minimum atomic E-state index is -4.44. The number of nitrogens with two attached hydrogens (primary N) is 1. The van der Waals surface area contributed by atoms with Crippen molar-refractivity contribution in [3.8, 4) is 11.8 Å². The van der Waals surface area contributed by atoms with E-state index in [9.17, 15) is 27.6 Å². The lowest BCUT2D eigenvalue weighted by Crippen LogP contribution is -2.44. The lowest BCUT2D eigenvalue weighted by molar-refractivity contribution is -0.172. The van der Waals surface area contributed by atoms with Crippen LogP contribution in [0.2, 0.25) is 0 Å². The SMILES string of the molecule is COc1ccc(C(N)=O)c(OC2CCC(N3C(=O)N[C@@H](CC(C)C(F)(F)F)C3=O)CC2)n1. The summed E-state index contributed by atoms with van der Waals surface area (Å²) in [6, 6.07) is 0.626. The van der Waals surface area contributed by atoms with Crippen molar-refractivity contribution in [3.63, 3.8) is 0 Å². The van der Waals surface area contributed by atoms with E-state index < -0.39 is 48.4 Å². The van der Waals surface area contributed by atoms with Gasteiger partial charge in [0, 0.05) is 12.1 Å². The summed E-state index contributed by atoms with van der Waals surface area (Å²) in [6.07, 6.45) is -3.58. The van der Waals surface area contributed by atoms with E-state index in [0.717, 1.165) is 11.8 Å². The first-order chi connectivity index (χ1) is 15.0. The number of primary amides is 1. The molecule has 9 nitrogen and oxygen atoms in total. The molecule has 0 spiro atoms. The van der Waals surface area contributed by atoms with Gasteiger partial charge in [0.2, 0.25) is 11.8 Å². The zero-order chi connectivity index (χ0) is 23.6. The molecule has 12 heteroatoms. The molecule has 1 aliphatic carbocycles. The zero-order valence-corrected chi connectivity index (χ0v) is 17.6. The van der Waals surface area contributed by atoms with Crippen molar-refractivity contribution in [1.29, 1.82) is 0 Å². The fourth-order valence-corrected chi connectivity index (χ4v) is 3.93. The minimum absolute atomic E-state index is 0.0384. The number of amides is 4. The predicted molar refractivity (Wildman–Crippen MR) is 105 cm³/mol. The number of carbonyl (C=O) groups is 3.